The Hall–Kier alpha value is -0.730. The molecule has 0 radical (unpaired) electrons. The van der Waals surface area contributed by atoms with Gasteiger partial charge in [-0.3, -0.25) is 0 Å². The van der Waals surface area contributed by atoms with Crippen LogP contribution in [0.1, 0.15) is 19.4 Å². The molecule has 0 heterocycles. The number of aliphatic hydroxyl groups is 1. The van der Waals surface area contributed by atoms with Crippen LogP contribution in [0.15, 0.2) is 17.0 Å². The molecule has 0 bridgehead atoms. The molecule has 0 fully saturated rings. The first-order valence-electron chi connectivity index (χ1n) is 6.55. The van der Waals surface area contributed by atoms with Crippen molar-refractivity contribution in [2.24, 2.45) is 0 Å². The van der Waals surface area contributed by atoms with Crippen LogP contribution >= 0.6 is 11.6 Å². The van der Waals surface area contributed by atoms with Gasteiger partial charge in [-0.15, -0.1) is 0 Å². The van der Waals surface area contributed by atoms with Crippen molar-refractivity contribution in [2.45, 2.75) is 25.3 Å². The zero-order chi connectivity index (χ0) is 16.0. The molecule has 8 heteroatoms. The van der Waals surface area contributed by atoms with Crippen LogP contribution in [0.3, 0.4) is 0 Å². The fraction of sp³-hybridized carbons (Fsp3) is 0.538. The molecule has 0 amide bonds. The Morgan fingerprint density at radius 3 is 2.57 bits per heavy atom. The molecule has 1 aromatic carbocycles. The molecule has 0 aliphatic rings. The largest absolute Gasteiger partial charge is 0.392 e. The average Bonchev–Trinajstić information content (AvgIpc) is 2.46. The number of hydrogen-bond donors (Lipinski definition) is 1. The van der Waals surface area contributed by atoms with E-state index < -0.39 is 22.4 Å². The Bertz CT molecular complexity index is 580. The molecule has 1 aromatic rings. The molecule has 0 saturated carbocycles. The minimum Gasteiger partial charge on any atom is -0.392 e. The summed E-state index contributed by atoms with van der Waals surface area (Å²) in [6, 6.07) is 2.05. The molecule has 0 aliphatic carbocycles. The molecular weight excluding hydrogens is 321 g/mol. The van der Waals surface area contributed by atoms with E-state index in [2.05, 4.69) is 0 Å². The summed E-state index contributed by atoms with van der Waals surface area (Å²) in [6.07, 6.45) is 0. The van der Waals surface area contributed by atoms with Crippen molar-refractivity contribution >= 4 is 21.6 Å². The Morgan fingerprint density at radius 1 is 1.38 bits per heavy atom. The summed E-state index contributed by atoms with van der Waals surface area (Å²) in [6.45, 7) is 4.10. The van der Waals surface area contributed by atoms with Crippen molar-refractivity contribution in [1.29, 1.82) is 0 Å². The fourth-order valence-corrected chi connectivity index (χ4v) is 3.46. The molecule has 120 valence electrons. The van der Waals surface area contributed by atoms with E-state index in [-0.39, 0.29) is 35.2 Å². The minimum absolute atomic E-state index is 0.0381. The van der Waals surface area contributed by atoms with E-state index in [9.17, 15) is 12.8 Å². The molecule has 0 aromatic heterocycles. The molecule has 0 unspecified atom stereocenters. The van der Waals surface area contributed by atoms with Gasteiger partial charge in [-0.2, -0.15) is 4.31 Å². The van der Waals surface area contributed by atoms with Gasteiger partial charge in [-0.1, -0.05) is 18.5 Å². The van der Waals surface area contributed by atoms with E-state index in [0.717, 1.165) is 6.07 Å². The Balaban J connectivity index is 3.13. The lowest BCUT2D eigenvalue weighted by Crippen LogP contribution is -2.34. The van der Waals surface area contributed by atoms with E-state index in [0.29, 0.717) is 6.61 Å². The first-order chi connectivity index (χ1) is 9.88. The van der Waals surface area contributed by atoms with Crippen molar-refractivity contribution < 1.29 is 22.7 Å². The van der Waals surface area contributed by atoms with Crippen LogP contribution in [0.25, 0.3) is 0 Å². The fourth-order valence-electron chi connectivity index (χ4n) is 1.79. The van der Waals surface area contributed by atoms with Crippen molar-refractivity contribution in [3.8, 4) is 0 Å². The van der Waals surface area contributed by atoms with Gasteiger partial charge in [0.1, 0.15) is 5.82 Å². The summed E-state index contributed by atoms with van der Waals surface area (Å²) in [5.41, 5.74) is 0.0381. The number of ether oxygens (including phenoxy) is 1. The quantitative estimate of drug-likeness (QED) is 0.736. The molecule has 0 saturated heterocycles. The van der Waals surface area contributed by atoms with Gasteiger partial charge in [0.25, 0.3) is 0 Å². The van der Waals surface area contributed by atoms with Crippen LogP contribution in [0.2, 0.25) is 5.02 Å². The van der Waals surface area contributed by atoms with Crippen LogP contribution in [-0.2, 0) is 21.4 Å². The van der Waals surface area contributed by atoms with Crippen LogP contribution in [0.4, 0.5) is 4.39 Å². The third-order valence-corrected chi connectivity index (χ3v) is 5.30. The van der Waals surface area contributed by atoms with Crippen LogP contribution in [-0.4, -0.2) is 44.1 Å². The maximum atomic E-state index is 13.7. The summed E-state index contributed by atoms with van der Waals surface area (Å²) < 4.78 is 44.9. The van der Waals surface area contributed by atoms with Gasteiger partial charge in [-0.25, -0.2) is 12.8 Å². The van der Waals surface area contributed by atoms with Gasteiger partial charge < -0.3 is 9.84 Å². The van der Waals surface area contributed by atoms with Crippen molar-refractivity contribution in [3.63, 3.8) is 0 Å². The maximum Gasteiger partial charge on any atom is 0.243 e. The molecule has 21 heavy (non-hydrogen) atoms. The number of halogens is 2. The molecule has 1 rings (SSSR count). The van der Waals surface area contributed by atoms with E-state index in [1.807, 2.05) is 6.92 Å². The van der Waals surface area contributed by atoms with Gasteiger partial charge in [-0.05, 0) is 19.1 Å². The highest BCUT2D eigenvalue weighted by atomic mass is 35.5. The predicted octanol–water partition coefficient (Wildman–Crippen LogP) is 2.02. The summed E-state index contributed by atoms with van der Waals surface area (Å²) in [5, 5.41) is 8.85. The van der Waals surface area contributed by atoms with Crippen molar-refractivity contribution in [1.82, 2.24) is 4.31 Å². The van der Waals surface area contributed by atoms with Crippen molar-refractivity contribution in [3.05, 3.63) is 28.5 Å². The van der Waals surface area contributed by atoms with Crippen LogP contribution in [0, 0.1) is 5.82 Å². The molecule has 0 aliphatic heterocycles. The zero-order valence-electron chi connectivity index (χ0n) is 12.0. The predicted molar refractivity (Wildman–Crippen MR) is 78.3 cm³/mol. The van der Waals surface area contributed by atoms with Gasteiger partial charge in [0.05, 0.1) is 23.1 Å². The lowest BCUT2D eigenvalue weighted by molar-refractivity contribution is 0.135. The summed E-state index contributed by atoms with van der Waals surface area (Å²) in [7, 11) is -3.86. The van der Waals surface area contributed by atoms with E-state index in [4.69, 9.17) is 21.4 Å². The first-order valence-corrected chi connectivity index (χ1v) is 8.36. The van der Waals surface area contributed by atoms with Gasteiger partial charge >= 0.3 is 0 Å². The third-order valence-electron chi connectivity index (χ3n) is 2.93. The third kappa shape index (κ3) is 4.37. The second-order valence-electron chi connectivity index (χ2n) is 4.23. The number of hydrogen-bond acceptors (Lipinski definition) is 4. The number of benzene rings is 1. The number of aliphatic hydroxyl groups excluding tert-OH is 1. The second-order valence-corrected chi connectivity index (χ2v) is 6.55. The first kappa shape index (κ1) is 18.3. The topological polar surface area (TPSA) is 66.8 Å². The molecular formula is C13H19ClFNO4S. The molecule has 0 spiro atoms. The number of rotatable bonds is 8. The second kappa shape index (κ2) is 8.05. The zero-order valence-corrected chi connectivity index (χ0v) is 13.5. The monoisotopic (exact) mass is 339 g/mol. The highest BCUT2D eigenvalue weighted by molar-refractivity contribution is 7.89. The number of nitrogens with zero attached hydrogens (tertiary/aromatic N) is 1. The van der Waals surface area contributed by atoms with Crippen LogP contribution < -0.4 is 0 Å². The van der Waals surface area contributed by atoms with E-state index in [1.54, 1.807) is 6.92 Å². The lowest BCUT2D eigenvalue weighted by atomic mass is 10.2. The highest BCUT2D eigenvalue weighted by Crippen LogP contribution is 2.26. The van der Waals surface area contributed by atoms with E-state index >= 15 is 0 Å². The Labute approximate surface area is 129 Å². The molecule has 0 atom stereocenters. The summed E-state index contributed by atoms with van der Waals surface area (Å²) >= 11 is 5.67. The Kier molecular flexibility index (Phi) is 7.02. The van der Waals surface area contributed by atoms with Gasteiger partial charge in [0.2, 0.25) is 10.0 Å². The minimum atomic E-state index is -3.86. The standard InChI is InChI=1S/C13H19ClFNO4S/c1-3-16(5-6-20-4-2)21(18,19)11-7-10(9-17)13(14)12(15)8-11/h7-8,17H,3-6,9H2,1-2H3. The number of sulfonamides is 1. The maximum absolute atomic E-state index is 13.7. The molecule has 1 N–H and O–H groups in total. The lowest BCUT2D eigenvalue weighted by Gasteiger charge is -2.21. The Morgan fingerprint density at radius 2 is 2.05 bits per heavy atom. The SMILES string of the molecule is CCOCCN(CC)S(=O)(=O)c1cc(F)c(Cl)c(CO)c1. The average molecular weight is 340 g/mol. The summed E-state index contributed by atoms with van der Waals surface area (Å²) in [5.74, 6) is -0.873. The van der Waals surface area contributed by atoms with Crippen molar-refractivity contribution in [2.75, 3.05) is 26.3 Å². The van der Waals surface area contributed by atoms with Crippen LogP contribution in [0.5, 0.6) is 0 Å². The smallest absolute Gasteiger partial charge is 0.243 e. The van der Waals surface area contributed by atoms with Gasteiger partial charge in [0, 0.05) is 25.3 Å². The molecule has 5 nitrogen and oxygen atoms in total. The van der Waals surface area contributed by atoms with Gasteiger partial charge in [0.15, 0.2) is 0 Å². The normalized spacial score (nSPS) is 12.1. The highest BCUT2D eigenvalue weighted by Gasteiger charge is 2.25. The number of likely N-dealkylation sites (N-methyl/N-ethyl adjacent to an activating group) is 1. The van der Waals surface area contributed by atoms with E-state index in [1.165, 1.54) is 10.4 Å². The summed E-state index contributed by atoms with van der Waals surface area (Å²) in [4.78, 5) is -0.230.